The highest BCUT2D eigenvalue weighted by Gasteiger charge is 2.24. The molecule has 1 unspecified atom stereocenters. The average Bonchev–Trinajstić information content (AvgIpc) is 3.12. The Bertz CT molecular complexity index is 907. The number of amides is 1. The molecule has 3 aromatic rings. The monoisotopic (exact) mass is 304 g/mol. The SMILES string of the molecule is Cc1cc(C)c2cc(C(=O)NC3CCc4ccccc43)[nH]c2c1. The Morgan fingerprint density at radius 3 is 2.87 bits per heavy atom. The second-order valence-corrected chi connectivity index (χ2v) is 6.49. The first-order valence-electron chi connectivity index (χ1n) is 8.10. The molecule has 0 saturated heterocycles. The number of fused-ring (bicyclic) bond motifs is 2. The van der Waals surface area contributed by atoms with Gasteiger partial charge in [-0.15, -0.1) is 0 Å². The van der Waals surface area contributed by atoms with Crippen LogP contribution in [0.1, 0.15) is 45.2 Å². The Labute approximate surface area is 135 Å². The van der Waals surface area contributed by atoms with E-state index in [-0.39, 0.29) is 11.9 Å². The van der Waals surface area contributed by atoms with Crippen LogP contribution in [0.4, 0.5) is 0 Å². The zero-order valence-electron chi connectivity index (χ0n) is 13.4. The van der Waals surface area contributed by atoms with Gasteiger partial charge in [-0.1, -0.05) is 30.3 Å². The van der Waals surface area contributed by atoms with Gasteiger partial charge in [-0.25, -0.2) is 0 Å². The second kappa shape index (κ2) is 5.27. The third kappa shape index (κ3) is 2.42. The summed E-state index contributed by atoms with van der Waals surface area (Å²) < 4.78 is 0. The molecule has 2 N–H and O–H groups in total. The zero-order chi connectivity index (χ0) is 16.0. The molecule has 23 heavy (non-hydrogen) atoms. The molecular weight excluding hydrogens is 284 g/mol. The van der Waals surface area contributed by atoms with Gasteiger partial charge in [0.1, 0.15) is 5.69 Å². The van der Waals surface area contributed by atoms with Gasteiger partial charge in [0.25, 0.3) is 5.91 Å². The van der Waals surface area contributed by atoms with Gasteiger partial charge in [0.2, 0.25) is 0 Å². The van der Waals surface area contributed by atoms with Gasteiger partial charge in [0.05, 0.1) is 6.04 Å². The van der Waals surface area contributed by atoms with Gasteiger partial charge < -0.3 is 10.3 Å². The van der Waals surface area contributed by atoms with Crippen LogP contribution in [0.3, 0.4) is 0 Å². The van der Waals surface area contributed by atoms with Crippen molar-refractivity contribution in [3.8, 4) is 0 Å². The summed E-state index contributed by atoms with van der Waals surface area (Å²) in [5, 5.41) is 4.29. The number of aromatic amines is 1. The highest BCUT2D eigenvalue weighted by molar-refractivity contribution is 5.99. The van der Waals surface area contributed by atoms with Gasteiger partial charge in [0.15, 0.2) is 0 Å². The highest BCUT2D eigenvalue weighted by atomic mass is 16.1. The molecule has 3 nitrogen and oxygen atoms in total. The summed E-state index contributed by atoms with van der Waals surface area (Å²) in [6.07, 6.45) is 2.01. The van der Waals surface area contributed by atoms with Crippen LogP contribution in [0.15, 0.2) is 42.5 Å². The molecule has 1 amide bonds. The molecule has 3 heteroatoms. The van der Waals surface area contributed by atoms with E-state index in [1.54, 1.807) is 0 Å². The van der Waals surface area contributed by atoms with Gasteiger partial charge in [-0.2, -0.15) is 0 Å². The van der Waals surface area contributed by atoms with Gasteiger partial charge in [-0.3, -0.25) is 4.79 Å². The maximum atomic E-state index is 12.6. The van der Waals surface area contributed by atoms with Crippen LogP contribution < -0.4 is 5.32 Å². The van der Waals surface area contributed by atoms with E-state index in [0.29, 0.717) is 5.69 Å². The minimum Gasteiger partial charge on any atom is -0.351 e. The molecule has 0 radical (unpaired) electrons. The lowest BCUT2D eigenvalue weighted by molar-refractivity contribution is 0.0932. The summed E-state index contributed by atoms with van der Waals surface area (Å²) in [5.74, 6) is -0.0278. The number of rotatable bonds is 2. The number of hydrogen-bond acceptors (Lipinski definition) is 1. The first-order valence-corrected chi connectivity index (χ1v) is 8.10. The molecule has 0 fully saturated rings. The molecule has 1 heterocycles. The Balaban J connectivity index is 1.62. The molecule has 0 spiro atoms. The van der Waals surface area contributed by atoms with Crippen molar-refractivity contribution in [3.05, 3.63) is 70.4 Å². The fourth-order valence-electron chi connectivity index (χ4n) is 3.66. The van der Waals surface area contributed by atoms with E-state index in [9.17, 15) is 4.79 Å². The molecule has 0 aliphatic heterocycles. The molecule has 2 aromatic carbocycles. The van der Waals surface area contributed by atoms with Crippen LogP contribution >= 0.6 is 0 Å². The highest BCUT2D eigenvalue weighted by Crippen LogP contribution is 2.31. The minimum absolute atomic E-state index is 0.0278. The van der Waals surface area contributed by atoms with Crippen molar-refractivity contribution in [2.75, 3.05) is 0 Å². The van der Waals surface area contributed by atoms with E-state index in [1.807, 2.05) is 12.1 Å². The number of nitrogens with one attached hydrogen (secondary N) is 2. The Hall–Kier alpha value is -2.55. The molecule has 1 aliphatic rings. The summed E-state index contributed by atoms with van der Waals surface area (Å²) >= 11 is 0. The predicted octanol–water partition coefficient (Wildman–Crippen LogP) is 4.20. The summed E-state index contributed by atoms with van der Waals surface area (Å²) in [5.41, 5.74) is 6.66. The molecule has 1 aromatic heterocycles. The Morgan fingerprint density at radius 2 is 2.00 bits per heavy atom. The summed E-state index contributed by atoms with van der Waals surface area (Å²) in [7, 11) is 0. The number of aromatic nitrogens is 1. The lowest BCUT2D eigenvalue weighted by Crippen LogP contribution is -2.27. The lowest BCUT2D eigenvalue weighted by Gasteiger charge is -2.13. The first kappa shape index (κ1) is 14.1. The van der Waals surface area contributed by atoms with Crippen LogP contribution in [-0.4, -0.2) is 10.9 Å². The standard InChI is InChI=1S/C20H20N2O/c1-12-9-13(2)16-11-19(21-18(16)10-12)20(23)22-17-8-7-14-5-3-4-6-15(14)17/h3-6,9-11,17,21H,7-8H2,1-2H3,(H,22,23). The third-order valence-electron chi connectivity index (χ3n) is 4.77. The minimum atomic E-state index is -0.0278. The summed E-state index contributed by atoms with van der Waals surface area (Å²) in [6, 6.07) is 14.7. The van der Waals surface area contributed by atoms with Crippen molar-refractivity contribution in [2.45, 2.75) is 32.7 Å². The van der Waals surface area contributed by atoms with Crippen molar-refractivity contribution >= 4 is 16.8 Å². The third-order valence-corrected chi connectivity index (χ3v) is 4.77. The Morgan fingerprint density at radius 1 is 1.17 bits per heavy atom. The van der Waals surface area contributed by atoms with E-state index < -0.39 is 0 Å². The van der Waals surface area contributed by atoms with Crippen LogP contribution in [0.2, 0.25) is 0 Å². The fraction of sp³-hybridized carbons (Fsp3) is 0.250. The molecule has 4 rings (SSSR count). The van der Waals surface area contributed by atoms with E-state index in [1.165, 1.54) is 22.3 Å². The Kier molecular flexibility index (Phi) is 3.22. The average molecular weight is 304 g/mol. The normalized spacial score (nSPS) is 16.5. The first-order chi connectivity index (χ1) is 11.1. The van der Waals surface area contributed by atoms with Crippen LogP contribution in [0, 0.1) is 13.8 Å². The van der Waals surface area contributed by atoms with Gasteiger partial charge >= 0.3 is 0 Å². The van der Waals surface area contributed by atoms with Crippen molar-refractivity contribution in [1.82, 2.24) is 10.3 Å². The van der Waals surface area contributed by atoms with Crippen LogP contribution in [0.5, 0.6) is 0 Å². The number of H-pyrrole nitrogens is 1. The van der Waals surface area contributed by atoms with E-state index in [2.05, 4.69) is 54.5 Å². The molecular formula is C20H20N2O. The van der Waals surface area contributed by atoms with Crippen molar-refractivity contribution < 1.29 is 4.79 Å². The van der Waals surface area contributed by atoms with Gasteiger partial charge in [-0.05, 0) is 61.1 Å². The topological polar surface area (TPSA) is 44.9 Å². The number of hydrogen-bond donors (Lipinski definition) is 2. The van der Waals surface area contributed by atoms with Crippen LogP contribution in [-0.2, 0) is 6.42 Å². The number of benzene rings is 2. The number of carbonyl (C=O) groups is 1. The van der Waals surface area contributed by atoms with Crippen LogP contribution in [0.25, 0.3) is 10.9 Å². The summed E-state index contributed by atoms with van der Waals surface area (Å²) in [4.78, 5) is 15.9. The lowest BCUT2D eigenvalue weighted by atomic mass is 10.1. The van der Waals surface area contributed by atoms with E-state index in [4.69, 9.17) is 0 Å². The fourth-order valence-corrected chi connectivity index (χ4v) is 3.66. The second-order valence-electron chi connectivity index (χ2n) is 6.49. The van der Waals surface area contributed by atoms with Crippen molar-refractivity contribution in [2.24, 2.45) is 0 Å². The van der Waals surface area contributed by atoms with Crippen molar-refractivity contribution in [1.29, 1.82) is 0 Å². The number of aryl methyl sites for hydroxylation is 3. The molecule has 1 aliphatic carbocycles. The maximum absolute atomic E-state index is 12.6. The quantitative estimate of drug-likeness (QED) is 0.732. The molecule has 0 saturated carbocycles. The number of carbonyl (C=O) groups excluding carboxylic acids is 1. The predicted molar refractivity (Wildman–Crippen MR) is 92.7 cm³/mol. The molecule has 116 valence electrons. The van der Waals surface area contributed by atoms with Gasteiger partial charge in [0, 0.05) is 10.9 Å². The van der Waals surface area contributed by atoms with E-state index >= 15 is 0 Å². The smallest absolute Gasteiger partial charge is 0.268 e. The zero-order valence-corrected chi connectivity index (χ0v) is 13.4. The van der Waals surface area contributed by atoms with Crippen molar-refractivity contribution in [3.63, 3.8) is 0 Å². The molecule has 1 atom stereocenters. The molecule has 0 bridgehead atoms. The summed E-state index contributed by atoms with van der Waals surface area (Å²) in [6.45, 7) is 4.15. The largest absolute Gasteiger partial charge is 0.351 e. The van der Waals surface area contributed by atoms with E-state index in [0.717, 1.165) is 23.7 Å². The maximum Gasteiger partial charge on any atom is 0.268 e.